The number of carbonyl (C=O) groups excluding carboxylic acids is 1. The van der Waals surface area contributed by atoms with Crippen LogP contribution in [0.1, 0.15) is 39.8 Å². The molecule has 0 saturated heterocycles. The van der Waals surface area contributed by atoms with Crippen LogP contribution in [0, 0.1) is 13.8 Å². The number of aromatic nitrogens is 3. The first kappa shape index (κ1) is 15.2. The monoisotopic (exact) mass is 305 g/mol. The maximum absolute atomic E-state index is 11.6. The van der Waals surface area contributed by atoms with Gasteiger partial charge in [0.1, 0.15) is 5.69 Å². The molecule has 0 atom stereocenters. The molecule has 0 saturated carbocycles. The third-order valence-electron chi connectivity index (χ3n) is 4.08. The first-order valence-corrected chi connectivity index (χ1v) is 7.61. The summed E-state index contributed by atoms with van der Waals surface area (Å²) in [6.45, 7) is 5.56. The molecule has 2 aromatic heterocycles. The van der Waals surface area contributed by atoms with Crippen LogP contribution in [0.2, 0.25) is 0 Å². The Morgan fingerprint density at radius 3 is 2.52 bits per heavy atom. The van der Waals surface area contributed by atoms with Crippen LogP contribution in [0.5, 0.6) is 0 Å². The van der Waals surface area contributed by atoms with Crippen LogP contribution < -0.4 is 0 Å². The molecule has 2 heterocycles. The maximum Gasteiger partial charge on any atom is 0.178 e. The molecule has 0 bridgehead atoms. The van der Waals surface area contributed by atoms with Gasteiger partial charge in [0.05, 0.1) is 5.69 Å². The van der Waals surface area contributed by atoms with Gasteiger partial charge in [-0.2, -0.15) is 5.10 Å². The van der Waals surface area contributed by atoms with E-state index in [9.17, 15) is 4.79 Å². The number of benzene rings is 1. The lowest BCUT2D eigenvalue weighted by Gasteiger charge is -2.11. The van der Waals surface area contributed by atoms with Crippen LogP contribution in [0.15, 0.2) is 48.8 Å². The van der Waals surface area contributed by atoms with E-state index < -0.39 is 0 Å². The number of aryl methyl sites for hydroxylation is 1. The number of Topliss-reactive ketones (excluding diaryl/α,β-unsaturated/α-hetero) is 1. The summed E-state index contributed by atoms with van der Waals surface area (Å²) in [7, 11) is 0. The Balaban J connectivity index is 1.88. The van der Waals surface area contributed by atoms with Gasteiger partial charge in [-0.1, -0.05) is 12.1 Å². The minimum absolute atomic E-state index is 0.00313. The number of hydrogen-bond acceptors (Lipinski definition) is 3. The Kier molecular flexibility index (Phi) is 4.06. The van der Waals surface area contributed by atoms with Gasteiger partial charge in [0.15, 0.2) is 5.78 Å². The maximum atomic E-state index is 11.6. The van der Waals surface area contributed by atoms with Crippen molar-refractivity contribution in [2.75, 3.05) is 0 Å². The third-order valence-corrected chi connectivity index (χ3v) is 4.08. The van der Waals surface area contributed by atoms with Crippen LogP contribution in [-0.4, -0.2) is 20.5 Å². The molecule has 0 aliphatic heterocycles. The molecule has 116 valence electrons. The van der Waals surface area contributed by atoms with Crippen LogP contribution >= 0.6 is 0 Å². The van der Waals surface area contributed by atoms with E-state index in [2.05, 4.69) is 41.3 Å². The van der Waals surface area contributed by atoms with Crippen molar-refractivity contribution in [2.45, 2.75) is 27.2 Å². The van der Waals surface area contributed by atoms with Crippen LogP contribution in [-0.2, 0) is 6.42 Å². The predicted octanol–water partition coefficient (Wildman–Crippen LogP) is 3.68. The number of carbonyl (C=O) groups is 1. The lowest BCUT2D eigenvalue weighted by molar-refractivity contribution is 0.101. The van der Waals surface area contributed by atoms with E-state index >= 15 is 0 Å². The summed E-state index contributed by atoms with van der Waals surface area (Å²) in [6.07, 6.45) is 4.47. The second-order valence-electron chi connectivity index (χ2n) is 5.73. The van der Waals surface area contributed by atoms with Gasteiger partial charge in [0.25, 0.3) is 0 Å². The second kappa shape index (κ2) is 6.16. The van der Waals surface area contributed by atoms with Crippen molar-refractivity contribution in [3.8, 4) is 5.69 Å². The minimum Gasteiger partial charge on any atom is -0.293 e. The molecular formula is C19H19N3O. The smallest absolute Gasteiger partial charge is 0.178 e. The third kappa shape index (κ3) is 3.21. The van der Waals surface area contributed by atoms with E-state index in [4.69, 9.17) is 0 Å². The topological polar surface area (TPSA) is 47.8 Å². The first-order chi connectivity index (χ1) is 11.0. The van der Waals surface area contributed by atoms with Crippen molar-refractivity contribution >= 4 is 5.78 Å². The normalized spacial score (nSPS) is 10.7. The van der Waals surface area contributed by atoms with Gasteiger partial charge in [-0.15, -0.1) is 0 Å². The van der Waals surface area contributed by atoms with Crippen molar-refractivity contribution < 1.29 is 4.79 Å². The summed E-state index contributed by atoms with van der Waals surface area (Å²) in [5.41, 5.74) is 5.98. The lowest BCUT2D eigenvalue weighted by Crippen LogP contribution is -2.04. The zero-order chi connectivity index (χ0) is 16.4. The number of pyridine rings is 1. The zero-order valence-electron chi connectivity index (χ0n) is 13.6. The largest absolute Gasteiger partial charge is 0.293 e. The highest BCUT2D eigenvalue weighted by Gasteiger charge is 2.10. The van der Waals surface area contributed by atoms with Gasteiger partial charge in [0, 0.05) is 25.0 Å². The van der Waals surface area contributed by atoms with Crippen LogP contribution in [0.4, 0.5) is 0 Å². The standard InChI is InChI=1S/C19H19N3O/c1-13-14(2)21-19(15(3)23)12-17(13)11-16-5-7-18(8-6-16)22-10-4-9-20-22/h4-10,12H,11H2,1-3H3. The van der Waals surface area contributed by atoms with E-state index in [-0.39, 0.29) is 5.78 Å². The van der Waals surface area contributed by atoms with Crippen LogP contribution in [0.3, 0.4) is 0 Å². The molecule has 0 N–H and O–H groups in total. The van der Waals surface area contributed by atoms with Crippen molar-refractivity contribution in [3.05, 3.63) is 76.9 Å². The molecule has 0 spiro atoms. The molecule has 0 aliphatic carbocycles. The molecular weight excluding hydrogens is 286 g/mol. The van der Waals surface area contributed by atoms with Gasteiger partial charge in [-0.05, 0) is 61.2 Å². The Morgan fingerprint density at radius 1 is 1.17 bits per heavy atom. The molecule has 23 heavy (non-hydrogen) atoms. The fourth-order valence-corrected chi connectivity index (χ4v) is 2.57. The summed E-state index contributed by atoms with van der Waals surface area (Å²) in [4.78, 5) is 16.0. The van der Waals surface area contributed by atoms with Gasteiger partial charge in [-0.25, -0.2) is 9.67 Å². The number of rotatable bonds is 4. The highest BCUT2D eigenvalue weighted by atomic mass is 16.1. The summed E-state index contributed by atoms with van der Waals surface area (Å²) in [6, 6.07) is 12.1. The molecule has 0 radical (unpaired) electrons. The van der Waals surface area contributed by atoms with Gasteiger partial charge in [0.2, 0.25) is 0 Å². The number of ketones is 1. The number of nitrogens with zero attached hydrogens (tertiary/aromatic N) is 3. The minimum atomic E-state index is 0.00313. The summed E-state index contributed by atoms with van der Waals surface area (Å²) >= 11 is 0. The Hall–Kier alpha value is -2.75. The molecule has 3 aromatic rings. The molecule has 0 amide bonds. The second-order valence-corrected chi connectivity index (χ2v) is 5.73. The highest BCUT2D eigenvalue weighted by Crippen LogP contribution is 2.19. The zero-order valence-corrected chi connectivity index (χ0v) is 13.6. The molecule has 0 aliphatic rings. The average Bonchev–Trinajstić information content (AvgIpc) is 3.06. The molecule has 0 unspecified atom stereocenters. The molecule has 0 fully saturated rings. The van der Waals surface area contributed by atoms with Crippen molar-refractivity contribution in [2.24, 2.45) is 0 Å². The number of hydrogen-bond donors (Lipinski definition) is 0. The van der Waals surface area contributed by atoms with E-state index in [1.807, 2.05) is 29.9 Å². The van der Waals surface area contributed by atoms with E-state index in [0.717, 1.165) is 28.9 Å². The summed E-state index contributed by atoms with van der Waals surface area (Å²) in [5, 5.41) is 4.23. The molecule has 4 nitrogen and oxygen atoms in total. The predicted molar refractivity (Wildman–Crippen MR) is 90.1 cm³/mol. The van der Waals surface area contributed by atoms with Gasteiger partial charge in [-0.3, -0.25) is 4.79 Å². The molecule has 4 heteroatoms. The highest BCUT2D eigenvalue weighted by molar-refractivity contribution is 5.92. The fourth-order valence-electron chi connectivity index (χ4n) is 2.57. The van der Waals surface area contributed by atoms with Crippen LogP contribution in [0.25, 0.3) is 5.69 Å². The lowest BCUT2D eigenvalue weighted by atomic mass is 9.98. The van der Waals surface area contributed by atoms with E-state index in [1.165, 1.54) is 5.56 Å². The Morgan fingerprint density at radius 2 is 1.91 bits per heavy atom. The quantitative estimate of drug-likeness (QED) is 0.691. The van der Waals surface area contributed by atoms with E-state index in [1.54, 1.807) is 13.1 Å². The van der Waals surface area contributed by atoms with Gasteiger partial charge >= 0.3 is 0 Å². The Labute approximate surface area is 135 Å². The summed E-state index contributed by atoms with van der Waals surface area (Å²) in [5.74, 6) is 0.00313. The van der Waals surface area contributed by atoms with Crippen molar-refractivity contribution in [1.82, 2.24) is 14.8 Å². The van der Waals surface area contributed by atoms with Gasteiger partial charge < -0.3 is 0 Å². The van der Waals surface area contributed by atoms with E-state index in [0.29, 0.717) is 5.69 Å². The SMILES string of the molecule is CC(=O)c1cc(Cc2ccc(-n3cccn3)cc2)c(C)c(C)n1. The summed E-state index contributed by atoms with van der Waals surface area (Å²) < 4.78 is 1.83. The average molecular weight is 305 g/mol. The fraction of sp³-hybridized carbons (Fsp3) is 0.211. The molecule has 1 aromatic carbocycles. The Bertz CT molecular complexity index is 834. The first-order valence-electron chi connectivity index (χ1n) is 7.61. The van der Waals surface area contributed by atoms with Crippen molar-refractivity contribution in [1.29, 1.82) is 0 Å². The van der Waals surface area contributed by atoms with Crippen molar-refractivity contribution in [3.63, 3.8) is 0 Å². The molecule has 3 rings (SSSR count).